The van der Waals surface area contributed by atoms with Crippen LogP contribution in [0.2, 0.25) is 0 Å². The van der Waals surface area contributed by atoms with Crippen LogP contribution in [0.3, 0.4) is 0 Å². The number of carbonyl (C=O) groups is 1. The van der Waals surface area contributed by atoms with Crippen molar-refractivity contribution < 1.29 is 9.53 Å². The van der Waals surface area contributed by atoms with Crippen molar-refractivity contribution in [3.05, 3.63) is 48.4 Å². The molecule has 29 heavy (non-hydrogen) atoms. The van der Waals surface area contributed by atoms with Gasteiger partial charge in [-0.05, 0) is 30.7 Å². The lowest BCUT2D eigenvalue weighted by atomic mass is 10.00. The Balaban J connectivity index is 1.28. The Hall–Kier alpha value is -2.84. The van der Waals surface area contributed by atoms with E-state index < -0.39 is 0 Å². The van der Waals surface area contributed by atoms with Gasteiger partial charge in [0.25, 0.3) is 0 Å². The second-order valence-corrected chi connectivity index (χ2v) is 8.23. The summed E-state index contributed by atoms with van der Waals surface area (Å²) in [5.41, 5.74) is 2.90. The summed E-state index contributed by atoms with van der Waals surface area (Å²) in [6, 6.07) is 8.24. The lowest BCUT2D eigenvalue weighted by Crippen LogP contribution is -2.54. The van der Waals surface area contributed by atoms with E-state index in [4.69, 9.17) is 9.72 Å². The zero-order valence-electron chi connectivity index (χ0n) is 15.8. The van der Waals surface area contributed by atoms with E-state index in [2.05, 4.69) is 32.3 Å². The molecule has 0 bridgehead atoms. The second-order valence-electron chi connectivity index (χ2n) is 7.22. The van der Waals surface area contributed by atoms with Gasteiger partial charge in [0.05, 0.1) is 23.3 Å². The molecule has 2 aliphatic rings. The molecule has 0 spiro atoms. The number of ether oxygens (including phenoxy) is 1. The zero-order valence-corrected chi connectivity index (χ0v) is 16.6. The lowest BCUT2D eigenvalue weighted by Gasteiger charge is -2.38. The first kappa shape index (κ1) is 18.2. The molecule has 1 saturated heterocycles. The Bertz CT molecular complexity index is 1030. The van der Waals surface area contributed by atoms with Crippen LogP contribution in [0.15, 0.2) is 42.7 Å². The van der Waals surface area contributed by atoms with E-state index in [0.717, 1.165) is 54.3 Å². The van der Waals surface area contributed by atoms with Gasteiger partial charge < -0.3 is 19.7 Å². The minimum absolute atomic E-state index is 0.0457. The molecule has 1 atom stereocenters. The molecule has 4 heterocycles. The van der Waals surface area contributed by atoms with Crippen LogP contribution in [0.1, 0.15) is 18.5 Å². The number of aldehydes is 1. The molecule has 5 rings (SSSR count). The van der Waals surface area contributed by atoms with Crippen molar-refractivity contribution in [2.45, 2.75) is 25.0 Å². The van der Waals surface area contributed by atoms with E-state index in [0.29, 0.717) is 12.3 Å². The predicted octanol–water partition coefficient (Wildman–Crippen LogP) is 2.69. The maximum absolute atomic E-state index is 10.8. The molecule has 0 amide bonds. The predicted molar refractivity (Wildman–Crippen MR) is 113 cm³/mol. The van der Waals surface area contributed by atoms with Crippen LogP contribution in [0.4, 0.5) is 5.13 Å². The third-order valence-electron chi connectivity index (χ3n) is 5.20. The number of hydrogen-bond acceptors (Lipinski definition) is 8. The van der Waals surface area contributed by atoms with Gasteiger partial charge in [-0.2, -0.15) is 0 Å². The molecule has 1 N–H and O–H groups in total. The van der Waals surface area contributed by atoms with E-state index in [9.17, 15) is 4.79 Å². The van der Waals surface area contributed by atoms with Crippen LogP contribution < -0.4 is 15.0 Å². The van der Waals surface area contributed by atoms with Crippen molar-refractivity contribution >= 4 is 38.5 Å². The number of nitrogens with one attached hydrogen (secondary N) is 1. The second kappa shape index (κ2) is 7.88. The summed E-state index contributed by atoms with van der Waals surface area (Å²) in [7, 11) is 0. The molecule has 148 valence electrons. The average Bonchev–Trinajstić information content (AvgIpc) is 3.15. The normalized spacial score (nSPS) is 19.7. The van der Waals surface area contributed by atoms with Gasteiger partial charge in [0.2, 0.25) is 5.88 Å². The summed E-state index contributed by atoms with van der Waals surface area (Å²) < 4.78 is 7.39. The fourth-order valence-corrected chi connectivity index (χ4v) is 4.67. The quantitative estimate of drug-likeness (QED) is 0.629. The summed E-state index contributed by atoms with van der Waals surface area (Å²) >= 11 is 1.71. The fraction of sp³-hybridized carbons (Fsp3) is 0.333. The maximum atomic E-state index is 10.8. The monoisotopic (exact) mass is 407 g/mol. The van der Waals surface area contributed by atoms with Crippen molar-refractivity contribution in [1.82, 2.24) is 20.3 Å². The smallest absolute Gasteiger partial charge is 0.240 e. The number of benzene rings is 1. The summed E-state index contributed by atoms with van der Waals surface area (Å²) in [6.07, 6.45) is 7.72. The van der Waals surface area contributed by atoms with Crippen LogP contribution in [0.5, 0.6) is 5.88 Å². The average molecular weight is 407 g/mol. The molecule has 0 saturated carbocycles. The van der Waals surface area contributed by atoms with Gasteiger partial charge in [-0.25, -0.2) is 15.0 Å². The van der Waals surface area contributed by atoms with Gasteiger partial charge in [0.15, 0.2) is 5.13 Å². The Kier molecular flexibility index (Phi) is 4.95. The molecule has 7 nitrogen and oxygen atoms in total. The molecule has 1 fully saturated rings. The number of aromatic nitrogens is 3. The highest BCUT2D eigenvalue weighted by Crippen LogP contribution is 2.33. The number of nitrogens with zero attached hydrogens (tertiary/aromatic N) is 4. The first-order valence-corrected chi connectivity index (χ1v) is 10.6. The van der Waals surface area contributed by atoms with Gasteiger partial charge in [-0.15, -0.1) is 0 Å². The fourth-order valence-electron chi connectivity index (χ4n) is 3.68. The number of hydrogen-bond donors (Lipinski definition) is 1. The molecule has 2 aliphatic heterocycles. The molecular formula is C21H21N5O2S. The van der Waals surface area contributed by atoms with Crippen LogP contribution in [0.25, 0.3) is 15.8 Å². The first-order valence-electron chi connectivity index (χ1n) is 9.76. The van der Waals surface area contributed by atoms with Crippen LogP contribution in [-0.4, -0.2) is 53.0 Å². The third kappa shape index (κ3) is 3.73. The number of thiazole rings is 1. The van der Waals surface area contributed by atoms with E-state index >= 15 is 0 Å². The molecule has 0 radical (unpaired) electrons. The molecule has 1 aromatic carbocycles. The Morgan fingerprint density at radius 1 is 1.24 bits per heavy atom. The van der Waals surface area contributed by atoms with Crippen molar-refractivity contribution in [3.8, 4) is 5.88 Å². The highest BCUT2D eigenvalue weighted by atomic mass is 32.1. The van der Waals surface area contributed by atoms with Crippen LogP contribution in [-0.2, 0) is 4.79 Å². The summed E-state index contributed by atoms with van der Waals surface area (Å²) in [4.78, 5) is 26.7. The molecule has 2 aromatic heterocycles. The first-order chi connectivity index (χ1) is 14.3. The largest absolute Gasteiger partial charge is 0.469 e. The number of rotatable bonds is 6. The van der Waals surface area contributed by atoms with Crippen molar-refractivity contribution in [2.75, 3.05) is 24.5 Å². The van der Waals surface area contributed by atoms with Crippen molar-refractivity contribution in [1.29, 1.82) is 0 Å². The van der Waals surface area contributed by atoms with Gasteiger partial charge in [0, 0.05) is 24.9 Å². The van der Waals surface area contributed by atoms with E-state index in [1.165, 1.54) is 4.70 Å². The highest BCUT2D eigenvalue weighted by molar-refractivity contribution is 7.22. The molecule has 0 aliphatic carbocycles. The Labute approximate surface area is 172 Å². The minimum Gasteiger partial charge on any atom is -0.469 e. The Morgan fingerprint density at radius 2 is 2.10 bits per heavy atom. The molecule has 8 heteroatoms. The van der Waals surface area contributed by atoms with Gasteiger partial charge >= 0.3 is 0 Å². The van der Waals surface area contributed by atoms with E-state index in [1.54, 1.807) is 23.7 Å². The summed E-state index contributed by atoms with van der Waals surface area (Å²) in [5.74, 6) is 0.569. The van der Waals surface area contributed by atoms with Crippen molar-refractivity contribution in [3.63, 3.8) is 0 Å². The van der Waals surface area contributed by atoms with Gasteiger partial charge in [-0.3, -0.25) is 0 Å². The number of anilines is 1. The van der Waals surface area contributed by atoms with Gasteiger partial charge in [-0.1, -0.05) is 29.5 Å². The lowest BCUT2D eigenvalue weighted by molar-refractivity contribution is -0.108. The zero-order chi connectivity index (χ0) is 19.6. The third-order valence-corrected chi connectivity index (χ3v) is 6.30. The molecule has 3 aromatic rings. The van der Waals surface area contributed by atoms with E-state index in [-0.39, 0.29) is 12.1 Å². The summed E-state index contributed by atoms with van der Waals surface area (Å²) in [6.45, 7) is 2.38. The standard InChI is InChI=1S/C21H21N5O2S/c27-10-6-15-11-14(5-7-22-15)19-20(24-9-8-23-19)28-16-12-26(13-16)21-25-17-3-1-2-4-18(17)29-21/h1-4,8-11,15-16,22H,5-7,12-13H2. The van der Waals surface area contributed by atoms with E-state index in [1.807, 2.05) is 18.2 Å². The number of carbonyl (C=O) groups excluding carboxylic acids is 1. The number of fused-ring (bicyclic) bond motifs is 1. The topological polar surface area (TPSA) is 80.2 Å². The number of para-hydroxylation sites is 1. The van der Waals surface area contributed by atoms with Crippen LogP contribution >= 0.6 is 11.3 Å². The SMILES string of the molecule is O=CCC1C=C(c2nccnc2OC2CN(c3nc4ccccc4s3)C2)CCN1. The minimum atomic E-state index is 0.0457. The molecular weight excluding hydrogens is 386 g/mol. The van der Waals surface area contributed by atoms with Crippen molar-refractivity contribution in [2.24, 2.45) is 0 Å². The highest BCUT2D eigenvalue weighted by Gasteiger charge is 2.32. The van der Waals surface area contributed by atoms with Crippen LogP contribution in [0, 0.1) is 0 Å². The summed E-state index contributed by atoms with van der Waals surface area (Å²) in [5, 5.41) is 4.36. The molecule has 1 unspecified atom stereocenters. The Morgan fingerprint density at radius 3 is 2.97 bits per heavy atom. The van der Waals surface area contributed by atoms with Gasteiger partial charge in [0.1, 0.15) is 18.1 Å². The maximum Gasteiger partial charge on any atom is 0.240 e.